The molecule has 0 unspecified atom stereocenters. The van der Waals surface area contributed by atoms with Gasteiger partial charge in [-0.3, -0.25) is 9.78 Å². The van der Waals surface area contributed by atoms with E-state index < -0.39 is 0 Å². The molecule has 0 aliphatic carbocycles. The Bertz CT molecular complexity index is 450. The third kappa shape index (κ3) is 2.64. The van der Waals surface area contributed by atoms with Crippen molar-refractivity contribution < 1.29 is 4.79 Å². The summed E-state index contributed by atoms with van der Waals surface area (Å²) in [6.45, 7) is 0. The van der Waals surface area contributed by atoms with Crippen molar-refractivity contribution in [2.24, 2.45) is 0 Å². The molecule has 0 fully saturated rings. The molecule has 2 heterocycles. The summed E-state index contributed by atoms with van der Waals surface area (Å²) in [4.78, 5) is 16.5. The van der Waals surface area contributed by atoms with Crippen molar-refractivity contribution in [3.63, 3.8) is 0 Å². The second-order valence-corrected chi connectivity index (χ2v) is 4.43. The topological polar surface area (TPSA) is 30.0 Å². The van der Waals surface area contributed by atoms with E-state index in [1.165, 1.54) is 11.3 Å². The van der Waals surface area contributed by atoms with Gasteiger partial charge in [0.15, 0.2) is 5.78 Å². The monoisotopic (exact) mass is 237 g/mol. The molecule has 0 radical (unpaired) electrons. The number of nitrogens with zero attached hydrogens (tertiary/aromatic N) is 1. The molecule has 15 heavy (non-hydrogen) atoms. The molecule has 0 aliphatic heterocycles. The first-order valence-electron chi connectivity index (χ1n) is 4.43. The van der Waals surface area contributed by atoms with Gasteiger partial charge in [-0.05, 0) is 23.6 Å². The quantitative estimate of drug-likeness (QED) is 0.768. The standard InChI is InChI=1S/C11H8ClNOS/c12-8-3-4-9(13-7-8)6-10(14)11-2-1-5-15-11/h1-5,7H,6H2. The van der Waals surface area contributed by atoms with Gasteiger partial charge in [0.2, 0.25) is 0 Å². The minimum Gasteiger partial charge on any atom is -0.293 e. The van der Waals surface area contributed by atoms with Gasteiger partial charge in [-0.15, -0.1) is 11.3 Å². The summed E-state index contributed by atoms with van der Waals surface area (Å²) in [6.07, 6.45) is 1.89. The van der Waals surface area contributed by atoms with Gasteiger partial charge in [0.1, 0.15) is 0 Å². The molecule has 0 saturated carbocycles. The number of aromatic nitrogens is 1. The number of hydrogen-bond donors (Lipinski definition) is 0. The third-order valence-electron chi connectivity index (χ3n) is 1.93. The van der Waals surface area contributed by atoms with Crippen molar-refractivity contribution in [2.45, 2.75) is 6.42 Å². The van der Waals surface area contributed by atoms with E-state index in [2.05, 4.69) is 4.98 Å². The summed E-state index contributed by atoms with van der Waals surface area (Å²) >= 11 is 7.15. The van der Waals surface area contributed by atoms with Crippen LogP contribution >= 0.6 is 22.9 Å². The first-order valence-corrected chi connectivity index (χ1v) is 5.68. The summed E-state index contributed by atoms with van der Waals surface area (Å²) in [5.41, 5.74) is 0.748. The highest BCUT2D eigenvalue weighted by atomic mass is 35.5. The lowest BCUT2D eigenvalue weighted by atomic mass is 10.2. The number of halogens is 1. The van der Waals surface area contributed by atoms with Crippen LogP contribution in [-0.4, -0.2) is 10.8 Å². The predicted molar refractivity (Wildman–Crippen MR) is 61.6 cm³/mol. The molecule has 4 heteroatoms. The second-order valence-electron chi connectivity index (χ2n) is 3.05. The number of ketones is 1. The lowest BCUT2D eigenvalue weighted by Gasteiger charge is -1.98. The van der Waals surface area contributed by atoms with Gasteiger partial charge in [-0.25, -0.2) is 0 Å². The van der Waals surface area contributed by atoms with Crippen molar-refractivity contribution in [1.29, 1.82) is 0 Å². The molecule has 0 N–H and O–H groups in total. The molecule has 0 atom stereocenters. The molecule has 0 amide bonds. The highest BCUT2D eigenvalue weighted by Gasteiger charge is 2.08. The fourth-order valence-corrected chi connectivity index (χ4v) is 1.98. The average molecular weight is 238 g/mol. The third-order valence-corrected chi connectivity index (χ3v) is 3.06. The summed E-state index contributed by atoms with van der Waals surface area (Å²) in [6, 6.07) is 7.20. The Morgan fingerprint density at radius 2 is 2.27 bits per heavy atom. The number of carbonyl (C=O) groups excluding carboxylic acids is 1. The molecule has 2 nitrogen and oxygen atoms in total. The van der Waals surface area contributed by atoms with E-state index in [0.29, 0.717) is 11.4 Å². The van der Waals surface area contributed by atoms with E-state index in [0.717, 1.165) is 10.6 Å². The molecular weight excluding hydrogens is 230 g/mol. The van der Waals surface area contributed by atoms with Crippen molar-refractivity contribution in [3.05, 3.63) is 51.4 Å². The molecule has 0 bridgehead atoms. The number of Topliss-reactive ketones (excluding diaryl/α,β-unsaturated/α-hetero) is 1. The van der Waals surface area contributed by atoms with E-state index in [-0.39, 0.29) is 5.78 Å². The van der Waals surface area contributed by atoms with Crippen molar-refractivity contribution in [2.75, 3.05) is 0 Å². The number of pyridine rings is 1. The summed E-state index contributed by atoms with van der Waals surface area (Å²) in [7, 11) is 0. The van der Waals surface area contributed by atoms with Crippen molar-refractivity contribution in [1.82, 2.24) is 4.98 Å². The molecule has 0 aromatic carbocycles. The van der Waals surface area contributed by atoms with Gasteiger partial charge in [-0.2, -0.15) is 0 Å². The maximum atomic E-state index is 11.7. The smallest absolute Gasteiger partial charge is 0.178 e. The van der Waals surface area contributed by atoms with Crippen LogP contribution in [-0.2, 0) is 6.42 Å². The Hall–Kier alpha value is -1.19. The second kappa shape index (κ2) is 4.55. The van der Waals surface area contributed by atoms with Crippen molar-refractivity contribution in [3.8, 4) is 0 Å². The van der Waals surface area contributed by atoms with Crippen LogP contribution in [0.4, 0.5) is 0 Å². The fourth-order valence-electron chi connectivity index (χ4n) is 1.20. The van der Waals surface area contributed by atoms with Gasteiger partial charge in [0, 0.05) is 11.9 Å². The van der Waals surface area contributed by atoms with Gasteiger partial charge in [-0.1, -0.05) is 17.7 Å². The number of carbonyl (C=O) groups is 1. The van der Waals surface area contributed by atoms with E-state index in [1.807, 2.05) is 17.5 Å². The van der Waals surface area contributed by atoms with Crippen LogP contribution in [0.3, 0.4) is 0 Å². The SMILES string of the molecule is O=C(Cc1ccc(Cl)cn1)c1cccs1. The van der Waals surface area contributed by atoms with Crippen LogP contribution in [0.25, 0.3) is 0 Å². The molecular formula is C11H8ClNOS. The minimum atomic E-state index is 0.0971. The van der Waals surface area contributed by atoms with Crippen LogP contribution in [0.1, 0.15) is 15.4 Å². The number of hydrogen-bond acceptors (Lipinski definition) is 3. The van der Waals surface area contributed by atoms with Crippen LogP contribution in [0.5, 0.6) is 0 Å². The Kier molecular flexibility index (Phi) is 3.14. The highest BCUT2D eigenvalue weighted by Crippen LogP contribution is 2.13. The lowest BCUT2D eigenvalue weighted by molar-refractivity contribution is 0.0996. The van der Waals surface area contributed by atoms with E-state index in [9.17, 15) is 4.79 Å². The number of thiophene rings is 1. The molecule has 0 saturated heterocycles. The van der Waals surface area contributed by atoms with Gasteiger partial charge >= 0.3 is 0 Å². The van der Waals surface area contributed by atoms with E-state index in [1.54, 1.807) is 18.3 Å². The molecule has 2 aromatic rings. The summed E-state index contributed by atoms with van der Waals surface area (Å²) in [5, 5.41) is 2.48. The van der Waals surface area contributed by atoms with Crippen LogP contribution in [0, 0.1) is 0 Å². The van der Waals surface area contributed by atoms with Gasteiger partial charge < -0.3 is 0 Å². The maximum absolute atomic E-state index is 11.7. The maximum Gasteiger partial charge on any atom is 0.178 e. The van der Waals surface area contributed by atoms with Crippen LogP contribution in [0.15, 0.2) is 35.8 Å². The molecule has 2 rings (SSSR count). The van der Waals surface area contributed by atoms with Crippen LogP contribution < -0.4 is 0 Å². The minimum absolute atomic E-state index is 0.0971. The zero-order valence-corrected chi connectivity index (χ0v) is 9.39. The van der Waals surface area contributed by atoms with Gasteiger partial charge in [0.05, 0.1) is 16.3 Å². The average Bonchev–Trinajstić information content (AvgIpc) is 2.74. The molecule has 76 valence electrons. The Labute approximate surface area is 96.5 Å². The molecule has 0 spiro atoms. The Balaban J connectivity index is 2.09. The molecule has 0 aliphatic rings. The largest absolute Gasteiger partial charge is 0.293 e. The first-order chi connectivity index (χ1) is 7.25. The zero-order chi connectivity index (χ0) is 10.7. The lowest BCUT2D eigenvalue weighted by Crippen LogP contribution is -2.02. The first kappa shape index (κ1) is 10.3. The van der Waals surface area contributed by atoms with Gasteiger partial charge in [0.25, 0.3) is 0 Å². The predicted octanol–water partition coefficient (Wildman–Crippen LogP) is 3.22. The molecule has 2 aromatic heterocycles. The Morgan fingerprint density at radius 1 is 1.40 bits per heavy atom. The normalized spacial score (nSPS) is 10.2. The zero-order valence-electron chi connectivity index (χ0n) is 7.81. The Morgan fingerprint density at radius 3 is 2.87 bits per heavy atom. The fraction of sp³-hybridized carbons (Fsp3) is 0.0909. The number of rotatable bonds is 3. The van der Waals surface area contributed by atoms with Crippen molar-refractivity contribution >= 4 is 28.7 Å². The van der Waals surface area contributed by atoms with E-state index in [4.69, 9.17) is 11.6 Å². The van der Waals surface area contributed by atoms with Crippen LogP contribution in [0.2, 0.25) is 5.02 Å². The van der Waals surface area contributed by atoms with E-state index >= 15 is 0 Å². The highest BCUT2D eigenvalue weighted by molar-refractivity contribution is 7.12. The summed E-state index contributed by atoms with van der Waals surface area (Å²) < 4.78 is 0. The summed E-state index contributed by atoms with van der Waals surface area (Å²) in [5.74, 6) is 0.0971.